The number of rotatable bonds is 9. The zero-order chi connectivity index (χ0) is 23.7. The van der Waals surface area contributed by atoms with E-state index < -0.39 is 29.7 Å². The Balaban J connectivity index is 2.20. The lowest BCUT2D eigenvalue weighted by atomic mass is 10.00. The van der Waals surface area contributed by atoms with Crippen molar-refractivity contribution < 1.29 is 19.1 Å². The van der Waals surface area contributed by atoms with Crippen LogP contribution in [0.4, 0.5) is 4.79 Å². The van der Waals surface area contributed by atoms with Crippen LogP contribution in [-0.2, 0) is 14.3 Å². The van der Waals surface area contributed by atoms with Gasteiger partial charge < -0.3 is 21.0 Å². The van der Waals surface area contributed by atoms with Crippen LogP contribution in [0.15, 0.2) is 35.3 Å². The summed E-state index contributed by atoms with van der Waals surface area (Å²) in [7, 11) is 0. The molecule has 1 heterocycles. The summed E-state index contributed by atoms with van der Waals surface area (Å²) in [5, 5.41) is 5.67. The first-order chi connectivity index (χ1) is 15.1. The average molecular weight is 447 g/mol. The van der Waals surface area contributed by atoms with Crippen molar-refractivity contribution in [3.8, 4) is 0 Å². The number of carbonyl (C=O) groups excluding carboxylic acids is 3. The molecular formula is C22H34N6O4. The molecule has 1 unspecified atom stereocenters. The molecule has 1 aromatic rings. The van der Waals surface area contributed by atoms with E-state index in [-0.39, 0.29) is 12.5 Å². The molecule has 2 rings (SSSR count). The molecular weight excluding hydrogens is 412 g/mol. The highest BCUT2D eigenvalue weighted by molar-refractivity contribution is 5.97. The number of benzene rings is 1. The zero-order valence-electron chi connectivity index (χ0n) is 19.0. The Morgan fingerprint density at radius 1 is 1.25 bits per heavy atom. The summed E-state index contributed by atoms with van der Waals surface area (Å²) in [6.45, 7) is 6.51. The molecule has 0 saturated carbocycles. The zero-order valence-corrected chi connectivity index (χ0v) is 19.0. The Hall–Kier alpha value is -2.98. The fraction of sp³-hybridized carbons (Fsp3) is 0.545. The van der Waals surface area contributed by atoms with Crippen molar-refractivity contribution in [3.05, 3.63) is 35.9 Å². The Labute approximate surface area is 188 Å². The summed E-state index contributed by atoms with van der Waals surface area (Å²) in [6.07, 6.45) is 1.90. The van der Waals surface area contributed by atoms with E-state index in [0.29, 0.717) is 25.9 Å². The normalized spacial score (nSPS) is 16.4. The molecule has 1 aliphatic rings. The van der Waals surface area contributed by atoms with Crippen LogP contribution in [-0.4, -0.2) is 65.5 Å². The van der Waals surface area contributed by atoms with Gasteiger partial charge in [-0.25, -0.2) is 19.8 Å². The van der Waals surface area contributed by atoms with Gasteiger partial charge in [-0.2, -0.15) is 0 Å². The SMILES string of the molecule is CC(C)(C)OC(=O)N([C@H](C=O)CCC(N=C(N)NC(=O)CN)c1ccccc1)N1CCC1. The average Bonchev–Trinajstić information content (AvgIpc) is 2.70. The molecule has 5 N–H and O–H groups in total. The van der Waals surface area contributed by atoms with Crippen LogP contribution >= 0.6 is 0 Å². The number of ether oxygens (including phenoxy) is 1. The number of nitrogens with one attached hydrogen (secondary N) is 1. The second-order valence-electron chi connectivity index (χ2n) is 8.61. The number of hydrogen-bond donors (Lipinski definition) is 3. The maximum Gasteiger partial charge on any atom is 0.425 e. The molecule has 1 aliphatic heterocycles. The molecule has 176 valence electrons. The van der Waals surface area contributed by atoms with Crippen molar-refractivity contribution in [2.45, 2.75) is 57.7 Å². The quantitative estimate of drug-likeness (QED) is 0.295. The summed E-state index contributed by atoms with van der Waals surface area (Å²) in [4.78, 5) is 40.8. The van der Waals surface area contributed by atoms with Crippen LogP contribution in [0.25, 0.3) is 0 Å². The standard InChI is InChI=1S/C22H34N6O4/c1-22(2,3)32-21(31)28(27-12-7-13-27)17(15-29)10-11-18(16-8-5-4-6-9-16)25-20(24)26-19(30)14-23/h4-6,8-9,15,17-18H,7,10-14,23H2,1-3H3,(H3,24,25,26,30)/t17-,18?/m0/s1. The number of carbonyl (C=O) groups is 3. The van der Waals surface area contributed by atoms with Gasteiger partial charge in [0, 0.05) is 13.1 Å². The van der Waals surface area contributed by atoms with E-state index in [1.54, 1.807) is 20.8 Å². The molecule has 1 aromatic carbocycles. The first-order valence-corrected chi connectivity index (χ1v) is 10.7. The lowest BCUT2D eigenvalue weighted by Gasteiger charge is -2.43. The van der Waals surface area contributed by atoms with Crippen LogP contribution in [0.2, 0.25) is 0 Å². The predicted octanol–water partition coefficient (Wildman–Crippen LogP) is 1.32. The molecule has 10 heteroatoms. The number of hydrazine groups is 1. The minimum atomic E-state index is -0.716. The molecule has 0 spiro atoms. The number of aldehydes is 1. The Kier molecular flexibility index (Phi) is 9.15. The van der Waals surface area contributed by atoms with Gasteiger partial charge in [-0.3, -0.25) is 10.1 Å². The lowest BCUT2D eigenvalue weighted by Crippen LogP contribution is -2.58. The molecule has 2 atom stereocenters. The Morgan fingerprint density at radius 3 is 2.41 bits per heavy atom. The number of amides is 2. The highest BCUT2D eigenvalue weighted by atomic mass is 16.6. The first kappa shape index (κ1) is 25.3. The number of hydrogen-bond acceptors (Lipinski definition) is 7. The van der Waals surface area contributed by atoms with Crippen molar-refractivity contribution in [2.75, 3.05) is 19.6 Å². The van der Waals surface area contributed by atoms with Gasteiger partial charge in [-0.05, 0) is 45.6 Å². The minimum absolute atomic E-state index is 0.0521. The van der Waals surface area contributed by atoms with E-state index in [1.165, 1.54) is 5.01 Å². The number of aliphatic imine (C=N–C) groups is 1. The molecule has 2 amide bonds. The molecule has 0 aliphatic carbocycles. The van der Waals surface area contributed by atoms with E-state index >= 15 is 0 Å². The second-order valence-corrected chi connectivity index (χ2v) is 8.61. The monoisotopic (exact) mass is 446 g/mol. The van der Waals surface area contributed by atoms with E-state index in [4.69, 9.17) is 16.2 Å². The Morgan fingerprint density at radius 2 is 1.91 bits per heavy atom. The molecule has 32 heavy (non-hydrogen) atoms. The van der Waals surface area contributed by atoms with Crippen molar-refractivity contribution in [1.82, 2.24) is 15.3 Å². The van der Waals surface area contributed by atoms with Crippen molar-refractivity contribution in [1.29, 1.82) is 0 Å². The summed E-state index contributed by atoms with van der Waals surface area (Å²) < 4.78 is 5.53. The van der Waals surface area contributed by atoms with Crippen LogP contribution in [0.1, 0.15) is 51.6 Å². The van der Waals surface area contributed by atoms with Crippen LogP contribution in [0.3, 0.4) is 0 Å². The largest absolute Gasteiger partial charge is 0.443 e. The van der Waals surface area contributed by atoms with Crippen molar-refractivity contribution in [3.63, 3.8) is 0 Å². The third-order valence-electron chi connectivity index (χ3n) is 4.86. The van der Waals surface area contributed by atoms with Gasteiger partial charge in [0.25, 0.3) is 0 Å². The number of nitrogens with two attached hydrogens (primary N) is 2. The number of guanidine groups is 1. The van der Waals surface area contributed by atoms with Gasteiger partial charge in [-0.15, -0.1) is 0 Å². The summed E-state index contributed by atoms with van der Waals surface area (Å²) in [5.74, 6) is -0.499. The summed E-state index contributed by atoms with van der Waals surface area (Å²) >= 11 is 0. The van der Waals surface area contributed by atoms with Crippen LogP contribution in [0.5, 0.6) is 0 Å². The third-order valence-corrected chi connectivity index (χ3v) is 4.86. The molecule has 1 fully saturated rings. The lowest BCUT2D eigenvalue weighted by molar-refractivity contribution is -0.130. The topological polar surface area (TPSA) is 143 Å². The van der Waals surface area contributed by atoms with Crippen LogP contribution < -0.4 is 16.8 Å². The minimum Gasteiger partial charge on any atom is -0.443 e. The fourth-order valence-electron chi connectivity index (χ4n) is 3.24. The van der Waals surface area contributed by atoms with E-state index in [0.717, 1.165) is 18.3 Å². The Bertz CT molecular complexity index is 804. The smallest absolute Gasteiger partial charge is 0.425 e. The van der Waals surface area contributed by atoms with E-state index in [2.05, 4.69) is 10.3 Å². The van der Waals surface area contributed by atoms with Crippen LogP contribution in [0, 0.1) is 0 Å². The molecule has 0 radical (unpaired) electrons. The number of nitrogens with zero attached hydrogens (tertiary/aromatic N) is 3. The predicted molar refractivity (Wildman–Crippen MR) is 121 cm³/mol. The molecule has 0 aromatic heterocycles. The van der Waals surface area contributed by atoms with Gasteiger partial charge in [0.2, 0.25) is 5.91 Å². The highest BCUT2D eigenvalue weighted by Gasteiger charge is 2.35. The molecule has 10 nitrogen and oxygen atoms in total. The summed E-state index contributed by atoms with van der Waals surface area (Å²) in [6, 6.07) is 8.27. The molecule has 0 bridgehead atoms. The summed E-state index contributed by atoms with van der Waals surface area (Å²) in [5.41, 5.74) is 11.4. The fourth-order valence-corrected chi connectivity index (χ4v) is 3.24. The van der Waals surface area contributed by atoms with Gasteiger partial charge >= 0.3 is 6.09 Å². The highest BCUT2D eigenvalue weighted by Crippen LogP contribution is 2.26. The maximum absolute atomic E-state index is 12.8. The second kappa shape index (κ2) is 11.6. The van der Waals surface area contributed by atoms with Crippen molar-refractivity contribution in [2.24, 2.45) is 16.5 Å². The third kappa shape index (κ3) is 7.61. The maximum atomic E-state index is 12.8. The first-order valence-electron chi connectivity index (χ1n) is 10.7. The van der Waals surface area contributed by atoms with E-state index in [9.17, 15) is 14.4 Å². The molecule has 1 saturated heterocycles. The van der Waals surface area contributed by atoms with Gasteiger partial charge in [-0.1, -0.05) is 30.3 Å². The van der Waals surface area contributed by atoms with Gasteiger partial charge in [0.05, 0.1) is 12.6 Å². The van der Waals surface area contributed by atoms with Crippen molar-refractivity contribution >= 4 is 24.2 Å². The van der Waals surface area contributed by atoms with Gasteiger partial charge in [0.15, 0.2) is 5.96 Å². The van der Waals surface area contributed by atoms with Gasteiger partial charge in [0.1, 0.15) is 17.9 Å². The van der Waals surface area contributed by atoms with E-state index in [1.807, 2.05) is 35.3 Å².